The van der Waals surface area contributed by atoms with Gasteiger partial charge in [-0.05, 0) is 30.0 Å². The van der Waals surface area contributed by atoms with E-state index in [0.29, 0.717) is 4.90 Å². The average Bonchev–Trinajstić information content (AvgIpc) is 2.26. The highest BCUT2D eigenvalue weighted by atomic mass is 32.2. The van der Waals surface area contributed by atoms with Gasteiger partial charge in [0.15, 0.2) is 9.84 Å². The molecule has 1 unspecified atom stereocenters. The molecule has 0 radical (unpaired) electrons. The van der Waals surface area contributed by atoms with E-state index in [9.17, 15) is 8.42 Å². The molecule has 0 aromatic heterocycles. The summed E-state index contributed by atoms with van der Waals surface area (Å²) in [6.07, 6.45) is 0.845. The van der Waals surface area contributed by atoms with Gasteiger partial charge in [0.05, 0.1) is 10.6 Å². The van der Waals surface area contributed by atoms with Crippen molar-refractivity contribution in [1.82, 2.24) is 0 Å². The topological polar surface area (TPSA) is 60.2 Å². The molecule has 17 heavy (non-hydrogen) atoms. The first-order chi connectivity index (χ1) is 7.86. The maximum atomic E-state index is 12.0. The molecule has 0 amide bonds. The second-order valence-electron chi connectivity index (χ2n) is 4.76. The lowest BCUT2D eigenvalue weighted by Gasteiger charge is -2.11. The van der Waals surface area contributed by atoms with Crippen LogP contribution in [0.3, 0.4) is 0 Å². The minimum Gasteiger partial charge on any atom is -0.324 e. The van der Waals surface area contributed by atoms with Crippen LogP contribution >= 0.6 is 0 Å². The predicted octanol–water partition coefficient (Wildman–Crippen LogP) is 2.53. The molecule has 4 heteroatoms. The monoisotopic (exact) mass is 255 g/mol. The largest absolute Gasteiger partial charge is 0.324 e. The van der Waals surface area contributed by atoms with Crippen molar-refractivity contribution in [3.63, 3.8) is 0 Å². The van der Waals surface area contributed by atoms with Crippen LogP contribution in [-0.2, 0) is 9.84 Å². The Morgan fingerprint density at radius 1 is 1.18 bits per heavy atom. The fourth-order valence-electron chi connectivity index (χ4n) is 1.69. The molecule has 0 aliphatic rings. The summed E-state index contributed by atoms with van der Waals surface area (Å²) < 4.78 is 23.9. The minimum atomic E-state index is -3.15. The molecule has 1 aromatic carbocycles. The van der Waals surface area contributed by atoms with Crippen LogP contribution in [0.2, 0.25) is 0 Å². The number of sulfone groups is 1. The van der Waals surface area contributed by atoms with E-state index in [4.69, 9.17) is 5.73 Å². The highest BCUT2D eigenvalue weighted by Crippen LogP contribution is 2.19. The third-order valence-corrected chi connectivity index (χ3v) is 4.76. The molecule has 0 fully saturated rings. The maximum Gasteiger partial charge on any atom is 0.178 e. The number of rotatable bonds is 5. The minimum absolute atomic E-state index is 0.0168. The molecule has 1 atom stereocenters. The molecule has 0 saturated carbocycles. The van der Waals surface area contributed by atoms with Gasteiger partial charge in [0.25, 0.3) is 0 Å². The molecule has 0 spiro atoms. The van der Waals surface area contributed by atoms with E-state index in [0.717, 1.165) is 12.0 Å². The summed E-state index contributed by atoms with van der Waals surface area (Å²) in [6, 6.07) is 6.91. The van der Waals surface area contributed by atoms with Crippen molar-refractivity contribution >= 4 is 9.84 Å². The number of nitrogens with two attached hydrogens (primary N) is 1. The Hall–Kier alpha value is -0.870. The quantitative estimate of drug-likeness (QED) is 0.879. The van der Waals surface area contributed by atoms with Crippen LogP contribution in [0.15, 0.2) is 29.2 Å². The molecule has 96 valence electrons. The van der Waals surface area contributed by atoms with E-state index in [1.54, 1.807) is 24.3 Å². The van der Waals surface area contributed by atoms with Crippen molar-refractivity contribution in [2.24, 2.45) is 11.7 Å². The molecule has 0 bridgehead atoms. The zero-order valence-corrected chi connectivity index (χ0v) is 11.5. The fraction of sp³-hybridized carbons (Fsp3) is 0.538. The molecule has 0 heterocycles. The predicted molar refractivity (Wildman–Crippen MR) is 70.6 cm³/mol. The molecule has 0 aliphatic heterocycles. The summed E-state index contributed by atoms with van der Waals surface area (Å²) >= 11 is 0. The SMILES string of the molecule is CCC(N)c1ccc(S(=O)(=O)CC(C)C)cc1. The number of hydrogen-bond donors (Lipinski definition) is 1. The van der Waals surface area contributed by atoms with Gasteiger partial charge in [0.2, 0.25) is 0 Å². The Labute approximate surface area is 104 Å². The molecule has 3 nitrogen and oxygen atoms in total. The first-order valence-corrected chi connectivity index (χ1v) is 7.60. The van der Waals surface area contributed by atoms with E-state index in [1.807, 2.05) is 20.8 Å². The van der Waals surface area contributed by atoms with Crippen LogP contribution < -0.4 is 5.73 Å². The molecular weight excluding hydrogens is 234 g/mol. The zero-order chi connectivity index (χ0) is 13.1. The molecule has 0 aliphatic carbocycles. The lowest BCUT2D eigenvalue weighted by atomic mass is 10.1. The zero-order valence-electron chi connectivity index (χ0n) is 10.7. The lowest BCUT2D eigenvalue weighted by molar-refractivity contribution is 0.582. The van der Waals surface area contributed by atoms with Crippen LogP contribution in [-0.4, -0.2) is 14.2 Å². The van der Waals surface area contributed by atoms with Crippen LogP contribution in [0, 0.1) is 5.92 Å². The Bertz CT molecular complexity index is 449. The highest BCUT2D eigenvalue weighted by Gasteiger charge is 2.16. The van der Waals surface area contributed by atoms with Crippen molar-refractivity contribution in [3.05, 3.63) is 29.8 Å². The van der Waals surface area contributed by atoms with Crippen LogP contribution in [0.1, 0.15) is 38.8 Å². The van der Waals surface area contributed by atoms with Gasteiger partial charge in [0.1, 0.15) is 0 Å². The molecule has 2 N–H and O–H groups in total. The van der Waals surface area contributed by atoms with Gasteiger partial charge in [-0.3, -0.25) is 0 Å². The average molecular weight is 255 g/mol. The first kappa shape index (κ1) is 14.2. The summed E-state index contributed by atoms with van der Waals surface area (Å²) in [5.74, 6) is 0.323. The Balaban J connectivity index is 2.95. The lowest BCUT2D eigenvalue weighted by Crippen LogP contribution is -2.13. The van der Waals surface area contributed by atoms with Crippen molar-refractivity contribution in [3.8, 4) is 0 Å². The molecule has 1 rings (SSSR count). The third-order valence-electron chi connectivity index (χ3n) is 2.66. The normalized spacial score (nSPS) is 13.9. The first-order valence-electron chi connectivity index (χ1n) is 5.95. The van der Waals surface area contributed by atoms with E-state index >= 15 is 0 Å². The molecular formula is C13H21NO2S. The number of benzene rings is 1. The summed E-state index contributed by atoms with van der Waals surface area (Å²) in [5.41, 5.74) is 6.87. The van der Waals surface area contributed by atoms with Gasteiger partial charge < -0.3 is 5.73 Å². The van der Waals surface area contributed by atoms with Gasteiger partial charge in [-0.15, -0.1) is 0 Å². The maximum absolute atomic E-state index is 12.0. The molecule has 1 aromatic rings. The second-order valence-corrected chi connectivity index (χ2v) is 6.79. The van der Waals surface area contributed by atoms with Crippen LogP contribution in [0.5, 0.6) is 0 Å². The fourth-order valence-corrected chi connectivity index (χ4v) is 3.31. The van der Waals surface area contributed by atoms with Gasteiger partial charge in [-0.25, -0.2) is 8.42 Å². The summed E-state index contributed by atoms with van der Waals surface area (Å²) in [6.45, 7) is 5.81. The summed E-state index contributed by atoms with van der Waals surface area (Å²) in [7, 11) is -3.15. The molecule has 0 saturated heterocycles. The summed E-state index contributed by atoms with van der Waals surface area (Å²) in [4.78, 5) is 0.387. The van der Waals surface area contributed by atoms with E-state index < -0.39 is 9.84 Å². The Kier molecular flexibility index (Phi) is 4.71. The van der Waals surface area contributed by atoms with Crippen molar-refractivity contribution < 1.29 is 8.42 Å². The third kappa shape index (κ3) is 3.82. The van der Waals surface area contributed by atoms with E-state index in [2.05, 4.69) is 0 Å². The van der Waals surface area contributed by atoms with Crippen molar-refractivity contribution in [1.29, 1.82) is 0 Å². The summed E-state index contributed by atoms with van der Waals surface area (Å²) in [5, 5.41) is 0. The van der Waals surface area contributed by atoms with Crippen LogP contribution in [0.4, 0.5) is 0 Å². The Morgan fingerprint density at radius 2 is 1.71 bits per heavy atom. The van der Waals surface area contributed by atoms with E-state index in [1.165, 1.54) is 0 Å². The van der Waals surface area contributed by atoms with Crippen molar-refractivity contribution in [2.45, 2.75) is 38.1 Å². The van der Waals surface area contributed by atoms with Gasteiger partial charge >= 0.3 is 0 Å². The van der Waals surface area contributed by atoms with Crippen molar-refractivity contribution in [2.75, 3.05) is 5.75 Å². The highest BCUT2D eigenvalue weighted by molar-refractivity contribution is 7.91. The second kappa shape index (κ2) is 5.65. The van der Waals surface area contributed by atoms with Gasteiger partial charge in [-0.2, -0.15) is 0 Å². The van der Waals surface area contributed by atoms with Gasteiger partial charge in [0, 0.05) is 6.04 Å². The van der Waals surface area contributed by atoms with E-state index in [-0.39, 0.29) is 17.7 Å². The Morgan fingerprint density at radius 3 is 2.12 bits per heavy atom. The number of hydrogen-bond acceptors (Lipinski definition) is 3. The smallest absolute Gasteiger partial charge is 0.178 e. The van der Waals surface area contributed by atoms with Gasteiger partial charge in [-0.1, -0.05) is 32.9 Å². The van der Waals surface area contributed by atoms with Crippen LogP contribution in [0.25, 0.3) is 0 Å². The standard InChI is InChI=1S/C13H21NO2S/c1-4-13(14)11-5-7-12(8-6-11)17(15,16)9-10(2)3/h5-8,10,13H,4,9,14H2,1-3H3.